The fraction of sp³-hybridized carbons (Fsp3) is 0.308. The van der Waals surface area contributed by atoms with Crippen molar-refractivity contribution in [3.05, 3.63) is 35.9 Å². The van der Waals surface area contributed by atoms with Crippen molar-refractivity contribution >= 4 is 17.8 Å². The number of aliphatic carboxylic acids is 1. The zero-order chi connectivity index (χ0) is 13.8. The zero-order valence-corrected chi connectivity index (χ0v) is 10.1. The number of carboxylic acids is 1. The number of morpholine rings is 1. The molecule has 6 nitrogen and oxygen atoms in total. The van der Waals surface area contributed by atoms with Crippen LogP contribution in [0.15, 0.2) is 30.3 Å². The van der Waals surface area contributed by atoms with Gasteiger partial charge in [0.25, 0.3) is 11.8 Å². The molecule has 1 heterocycles. The first kappa shape index (κ1) is 13.2. The SMILES string of the molecule is O=C(O)CC(c1ccccc1)N1C(=O)COCC1=O. The Bertz CT molecular complexity index is 483. The molecule has 19 heavy (non-hydrogen) atoms. The van der Waals surface area contributed by atoms with Crippen molar-refractivity contribution < 1.29 is 24.2 Å². The largest absolute Gasteiger partial charge is 0.481 e. The maximum atomic E-state index is 11.8. The van der Waals surface area contributed by atoms with Crippen LogP contribution in [0.1, 0.15) is 18.0 Å². The van der Waals surface area contributed by atoms with Crippen molar-refractivity contribution in [1.29, 1.82) is 0 Å². The van der Waals surface area contributed by atoms with Crippen molar-refractivity contribution in [1.82, 2.24) is 4.90 Å². The molecule has 0 bridgehead atoms. The zero-order valence-electron chi connectivity index (χ0n) is 10.1. The quantitative estimate of drug-likeness (QED) is 0.804. The summed E-state index contributed by atoms with van der Waals surface area (Å²) in [6, 6.07) is 7.86. The van der Waals surface area contributed by atoms with E-state index < -0.39 is 23.8 Å². The minimum Gasteiger partial charge on any atom is -0.481 e. The number of hydrogen-bond acceptors (Lipinski definition) is 4. The fourth-order valence-electron chi connectivity index (χ4n) is 2.05. The monoisotopic (exact) mass is 263 g/mol. The van der Waals surface area contributed by atoms with Crippen LogP contribution in [0.4, 0.5) is 0 Å². The lowest BCUT2D eigenvalue weighted by molar-refractivity contribution is -0.162. The number of carboxylic acid groups (broad SMARTS) is 1. The molecule has 0 radical (unpaired) electrons. The van der Waals surface area contributed by atoms with E-state index in [2.05, 4.69) is 0 Å². The van der Waals surface area contributed by atoms with E-state index in [1.165, 1.54) is 0 Å². The van der Waals surface area contributed by atoms with Gasteiger partial charge < -0.3 is 9.84 Å². The van der Waals surface area contributed by atoms with Gasteiger partial charge in [-0.15, -0.1) is 0 Å². The average Bonchev–Trinajstić information content (AvgIpc) is 2.38. The molecule has 1 N–H and O–H groups in total. The first-order valence-electron chi connectivity index (χ1n) is 5.79. The molecule has 1 aliphatic rings. The average molecular weight is 263 g/mol. The van der Waals surface area contributed by atoms with Crippen molar-refractivity contribution in [3.8, 4) is 0 Å². The van der Waals surface area contributed by atoms with Gasteiger partial charge in [0.15, 0.2) is 0 Å². The molecule has 1 unspecified atom stereocenters. The van der Waals surface area contributed by atoms with Crippen LogP contribution in [0.25, 0.3) is 0 Å². The van der Waals surface area contributed by atoms with Crippen molar-refractivity contribution in [2.45, 2.75) is 12.5 Å². The van der Waals surface area contributed by atoms with Gasteiger partial charge in [-0.2, -0.15) is 0 Å². The summed E-state index contributed by atoms with van der Waals surface area (Å²) in [7, 11) is 0. The number of hydrogen-bond donors (Lipinski definition) is 1. The van der Waals surface area contributed by atoms with Crippen LogP contribution in [0.2, 0.25) is 0 Å². The van der Waals surface area contributed by atoms with E-state index in [9.17, 15) is 14.4 Å². The van der Waals surface area contributed by atoms with E-state index in [0.29, 0.717) is 5.56 Å². The number of ether oxygens (including phenoxy) is 1. The minimum atomic E-state index is -1.07. The maximum Gasteiger partial charge on any atom is 0.305 e. The van der Waals surface area contributed by atoms with Crippen LogP contribution in [0, 0.1) is 0 Å². The molecular formula is C13H13NO5. The lowest BCUT2D eigenvalue weighted by atomic mass is 10.0. The number of carbonyl (C=O) groups is 3. The Labute approximate surface area is 109 Å². The normalized spacial score (nSPS) is 17.4. The molecule has 0 aromatic heterocycles. The van der Waals surface area contributed by atoms with Gasteiger partial charge >= 0.3 is 5.97 Å². The maximum absolute atomic E-state index is 11.8. The Morgan fingerprint density at radius 2 is 1.79 bits per heavy atom. The minimum absolute atomic E-state index is 0.200. The molecular weight excluding hydrogens is 250 g/mol. The number of imide groups is 1. The number of nitrogens with zero attached hydrogens (tertiary/aromatic N) is 1. The van der Waals surface area contributed by atoms with E-state index in [1.54, 1.807) is 30.3 Å². The molecule has 1 saturated heterocycles. The standard InChI is InChI=1S/C13H13NO5/c15-11-7-19-8-12(16)14(11)10(6-13(17)18)9-4-2-1-3-5-9/h1-5,10H,6-8H2,(H,17,18). The first-order valence-corrected chi connectivity index (χ1v) is 5.79. The van der Waals surface area contributed by atoms with E-state index in [-0.39, 0.29) is 19.6 Å². The highest BCUT2D eigenvalue weighted by molar-refractivity contribution is 5.99. The third-order valence-corrected chi connectivity index (χ3v) is 2.85. The third kappa shape index (κ3) is 2.97. The van der Waals surface area contributed by atoms with E-state index in [1.807, 2.05) is 0 Å². The Balaban J connectivity index is 2.34. The Hall–Kier alpha value is -2.21. The number of carbonyl (C=O) groups excluding carboxylic acids is 2. The van der Waals surface area contributed by atoms with Gasteiger partial charge in [0.1, 0.15) is 13.2 Å². The summed E-state index contributed by atoms with van der Waals surface area (Å²) in [6.07, 6.45) is -0.318. The van der Waals surface area contributed by atoms with Gasteiger partial charge in [-0.1, -0.05) is 30.3 Å². The predicted molar refractivity (Wildman–Crippen MR) is 64.1 cm³/mol. The molecule has 6 heteroatoms. The molecule has 1 fully saturated rings. The van der Waals surface area contributed by atoms with Crippen molar-refractivity contribution in [2.75, 3.05) is 13.2 Å². The Kier molecular flexibility index (Phi) is 3.91. The summed E-state index contributed by atoms with van der Waals surface area (Å²) in [6.45, 7) is -0.399. The van der Waals surface area contributed by atoms with Crippen molar-refractivity contribution in [2.24, 2.45) is 0 Å². The Morgan fingerprint density at radius 1 is 1.21 bits per heavy atom. The van der Waals surface area contributed by atoms with E-state index in [4.69, 9.17) is 9.84 Å². The van der Waals surface area contributed by atoms with Gasteiger partial charge in [0, 0.05) is 0 Å². The summed E-state index contributed by atoms with van der Waals surface area (Å²) in [5.41, 5.74) is 0.619. The lowest BCUT2D eigenvalue weighted by Gasteiger charge is -2.32. The molecule has 1 atom stereocenters. The van der Waals surface area contributed by atoms with Gasteiger partial charge in [-0.3, -0.25) is 19.3 Å². The fourth-order valence-corrected chi connectivity index (χ4v) is 2.05. The number of amides is 2. The molecule has 1 aliphatic heterocycles. The molecule has 2 rings (SSSR count). The van der Waals surface area contributed by atoms with Crippen LogP contribution < -0.4 is 0 Å². The Morgan fingerprint density at radius 3 is 2.32 bits per heavy atom. The topological polar surface area (TPSA) is 83.9 Å². The van der Waals surface area contributed by atoms with E-state index >= 15 is 0 Å². The molecule has 1 aromatic rings. The van der Waals surface area contributed by atoms with Gasteiger partial charge in [-0.25, -0.2) is 0 Å². The summed E-state index contributed by atoms with van der Waals surface area (Å²) < 4.78 is 4.83. The molecule has 0 saturated carbocycles. The number of rotatable bonds is 4. The third-order valence-electron chi connectivity index (χ3n) is 2.85. The van der Waals surface area contributed by atoms with Crippen LogP contribution in [0.3, 0.4) is 0 Å². The molecule has 1 aromatic carbocycles. The van der Waals surface area contributed by atoms with Crippen LogP contribution in [0.5, 0.6) is 0 Å². The molecule has 2 amide bonds. The van der Waals surface area contributed by atoms with Crippen LogP contribution in [-0.2, 0) is 19.1 Å². The van der Waals surface area contributed by atoms with Gasteiger partial charge in [0.2, 0.25) is 0 Å². The van der Waals surface area contributed by atoms with Gasteiger partial charge in [0.05, 0.1) is 12.5 Å². The summed E-state index contributed by atoms with van der Waals surface area (Å²) in [4.78, 5) is 35.5. The second kappa shape index (κ2) is 5.62. The highest BCUT2D eigenvalue weighted by atomic mass is 16.5. The van der Waals surface area contributed by atoms with Crippen LogP contribution in [-0.4, -0.2) is 41.0 Å². The molecule has 100 valence electrons. The first-order chi connectivity index (χ1) is 9.09. The summed E-state index contributed by atoms with van der Waals surface area (Å²) in [5.74, 6) is -2.08. The highest BCUT2D eigenvalue weighted by Crippen LogP contribution is 2.26. The molecule has 0 spiro atoms. The van der Waals surface area contributed by atoms with Crippen LogP contribution >= 0.6 is 0 Å². The smallest absolute Gasteiger partial charge is 0.305 e. The highest BCUT2D eigenvalue weighted by Gasteiger charge is 2.35. The second-order valence-corrected chi connectivity index (χ2v) is 4.17. The second-order valence-electron chi connectivity index (χ2n) is 4.17. The molecule has 0 aliphatic carbocycles. The van der Waals surface area contributed by atoms with Gasteiger partial charge in [-0.05, 0) is 5.56 Å². The van der Waals surface area contributed by atoms with E-state index in [0.717, 1.165) is 4.90 Å². The lowest BCUT2D eigenvalue weighted by Crippen LogP contribution is -2.48. The summed E-state index contributed by atoms with van der Waals surface area (Å²) in [5, 5.41) is 8.97. The predicted octanol–water partition coefficient (Wildman–Crippen LogP) is 0.588. The number of benzene rings is 1. The van der Waals surface area contributed by atoms with Crippen molar-refractivity contribution in [3.63, 3.8) is 0 Å². The summed E-state index contributed by atoms with van der Waals surface area (Å²) >= 11 is 0.